The van der Waals surface area contributed by atoms with Gasteiger partial charge in [0, 0.05) is 7.11 Å². The Hall–Kier alpha value is -0.450. The Morgan fingerprint density at radius 1 is 1.67 bits per heavy atom. The molecule has 0 saturated carbocycles. The van der Waals surface area contributed by atoms with Gasteiger partial charge in [0.1, 0.15) is 4.60 Å². The Balaban J connectivity index is 2.73. The molecule has 0 bridgehead atoms. The topological polar surface area (TPSA) is 48.1 Å². The lowest BCUT2D eigenvalue weighted by atomic mass is 10.2. The molecule has 1 rings (SSSR count). The van der Waals surface area contributed by atoms with Crippen LogP contribution in [0.15, 0.2) is 22.8 Å². The Kier molecular flexibility index (Phi) is 3.65. The van der Waals surface area contributed by atoms with Gasteiger partial charge in [-0.1, -0.05) is 6.07 Å². The fourth-order valence-corrected chi connectivity index (χ4v) is 1.25. The molecule has 4 heteroatoms. The highest BCUT2D eigenvalue weighted by Gasteiger charge is 2.06. The van der Waals surface area contributed by atoms with Crippen molar-refractivity contribution in [1.29, 1.82) is 0 Å². The van der Waals surface area contributed by atoms with Crippen LogP contribution in [0.1, 0.15) is 11.7 Å². The van der Waals surface area contributed by atoms with Gasteiger partial charge in [-0.15, -0.1) is 0 Å². The summed E-state index contributed by atoms with van der Waals surface area (Å²) in [5, 5.41) is 0. The summed E-state index contributed by atoms with van der Waals surface area (Å²) in [5.74, 6) is 0. The number of aromatic nitrogens is 1. The molecule has 0 fully saturated rings. The lowest BCUT2D eigenvalue weighted by Gasteiger charge is -2.09. The molecule has 0 spiro atoms. The van der Waals surface area contributed by atoms with E-state index < -0.39 is 0 Å². The summed E-state index contributed by atoms with van der Waals surface area (Å²) in [6.07, 6.45) is 0. The van der Waals surface area contributed by atoms with Crippen LogP contribution < -0.4 is 5.73 Å². The van der Waals surface area contributed by atoms with Crippen LogP contribution >= 0.6 is 15.9 Å². The smallest absolute Gasteiger partial charge is 0.106 e. The van der Waals surface area contributed by atoms with Crippen LogP contribution in [0.25, 0.3) is 0 Å². The van der Waals surface area contributed by atoms with E-state index >= 15 is 0 Å². The Morgan fingerprint density at radius 2 is 2.42 bits per heavy atom. The molecule has 1 aromatic heterocycles. The summed E-state index contributed by atoms with van der Waals surface area (Å²) in [6.45, 7) is 0.490. The van der Waals surface area contributed by atoms with Gasteiger partial charge in [0.15, 0.2) is 0 Å². The van der Waals surface area contributed by atoms with Crippen LogP contribution in [0.5, 0.6) is 0 Å². The van der Waals surface area contributed by atoms with Crippen LogP contribution in [0.2, 0.25) is 0 Å². The molecule has 12 heavy (non-hydrogen) atoms. The summed E-state index contributed by atoms with van der Waals surface area (Å²) >= 11 is 3.27. The van der Waals surface area contributed by atoms with Gasteiger partial charge >= 0.3 is 0 Å². The Labute approximate surface area is 80.1 Å². The van der Waals surface area contributed by atoms with Crippen molar-refractivity contribution in [2.45, 2.75) is 6.04 Å². The van der Waals surface area contributed by atoms with E-state index in [9.17, 15) is 0 Å². The summed E-state index contributed by atoms with van der Waals surface area (Å²) in [4.78, 5) is 4.20. The SMILES string of the molecule is COCC(N)c1cccc(Br)n1. The van der Waals surface area contributed by atoms with Gasteiger partial charge in [0.05, 0.1) is 18.3 Å². The van der Waals surface area contributed by atoms with Crippen molar-refractivity contribution in [2.75, 3.05) is 13.7 Å². The van der Waals surface area contributed by atoms with Crippen molar-refractivity contribution in [2.24, 2.45) is 5.73 Å². The molecule has 1 heterocycles. The van der Waals surface area contributed by atoms with E-state index in [1.54, 1.807) is 7.11 Å². The number of hydrogen-bond donors (Lipinski definition) is 1. The summed E-state index contributed by atoms with van der Waals surface area (Å²) in [5.41, 5.74) is 6.61. The van der Waals surface area contributed by atoms with Gasteiger partial charge in [0.2, 0.25) is 0 Å². The molecule has 0 aliphatic heterocycles. The van der Waals surface area contributed by atoms with Crippen LogP contribution in [0.3, 0.4) is 0 Å². The standard InChI is InChI=1S/C8H11BrN2O/c1-12-5-6(10)7-3-2-4-8(9)11-7/h2-4,6H,5,10H2,1H3. The number of halogens is 1. The first-order valence-corrected chi connectivity index (χ1v) is 4.40. The van der Waals surface area contributed by atoms with Gasteiger partial charge in [-0.2, -0.15) is 0 Å². The molecule has 3 nitrogen and oxygen atoms in total. The van der Waals surface area contributed by atoms with Gasteiger partial charge in [-0.05, 0) is 28.1 Å². The van der Waals surface area contributed by atoms with Crippen LogP contribution in [-0.4, -0.2) is 18.7 Å². The first kappa shape index (κ1) is 9.64. The van der Waals surface area contributed by atoms with Crippen molar-refractivity contribution < 1.29 is 4.74 Å². The molecular formula is C8H11BrN2O. The first-order valence-electron chi connectivity index (χ1n) is 3.61. The molecule has 1 aromatic rings. The van der Waals surface area contributed by atoms with E-state index in [2.05, 4.69) is 20.9 Å². The Bertz CT molecular complexity index is 255. The van der Waals surface area contributed by atoms with Gasteiger partial charge < -0.3 is 10.5 Å². The molecule has 0 radical (unpaired) electrons. The summed E-state index contributed by atoms with van der Waals surface area (Å²) < 4.78 is 5.72. The maximum atomic E-state index is 5.77. The molecule has 0 aliphatic rings. The highest BCUT2D eigenvalue weighted by atomic mass is 79.9. The van der Waals surface area contributed by atoms with Gasteiger partial charge in [0.25, 0.3) is 0 Å². The largest absolute Gasteiger partial charge is 0.383 e. The molecule has 0 amide bonds. The molecule has 0 saturated heterocycles. The monoisotopic (exact) mass is 230 g/mol. The number of methoxy groups -OCH3 is 1. The molecule has 2 N–H and O–H groups in total. The number of nitrogens with zero attached hydrogens (tertiary/aromatic N) is 1. The third-order valence-corrected chi connectivity index (χ3v) is 1.90. The first-order chi connectivity index (χ1) is 5.74. The normalized spacial score (nSPS) is 12.9. The quantitative estimate of drug-likeness (QED) is 0.801. The van der Waals surface area contributed by atoms with Gasteiger partial charge in [-0.3, -0.25) is 0 Å². The van der Waals surface area contributed by atoms with E-state index in [0.717, 1.165) is 10.3 Å². The lowest BCUT2D eigenvalue weighted by Crippen LogP contribution is -2.17. The van der Waals surface area contributed by atoms with E-state index in [1.165, 1.54) is 0 Å². The molecular weight excluding hydrogens is 220 g/mol. The van der Waals surface area contributed by atoms with Crippen molar-refractivity contribution in [1.82, 2.24) is 4.98 Å². The number of rotatable bonds is 3. The average Bonchev–Trinajstić information content (AvgIpc) is 2.05. The number of pyridine rings is 1. The maximum absolute atomic E-state index is 5.77. The van der Waals surface area contributed by atoms with E-state index in [1.807, 2.05) is 18.2 Å². The lowest BCUT2D eigenvalue weighted by molar-refractivity contribution is 0.179. The number of ether oxygens (including phenoxy) is 1. The minimum atomic E-state index is -0.146. The third kappa shape index (κ3) is 2.55. The number of hydrogen-bond acceptors (Lipinski definition) is 3. The van der Waals surface area contributed by atoms with Crippen molar-refractivity contribution in [3.8, 4) is 0 Å². The van der Waals surface area contributed by atoms with Crippen LogP contribution in [-0.2, 0) is 4.74 Å². The highest BCUT2D eigenvalue weighted by molar-refractivity contribution is 9.10. The third-order valence-electron chi connectivity index (χ3n) is 1.46. The maximum Gasteiger partial charge on any atom is 0.106 e. The minimum Gasteiger partial charge on any atom is -0.383 e. The van der Waals surface area contributed by atoms with Crippen molar-refractivity contribution in [3.63, 3.8) is 0 Å². The molecule has 1 atom stereocenters. The zero-order valence-corrected chi connectivity index (χ0v) is 8.41. The fraction of sp³-hybridized carbons (Fsp3) is 0.375. The summed E-state index contributed by atoms with van der Waals surface area (Å²) in [7, 11) is 1.62. The molecule has 0 aliphatic carbocycles. The second kappa shape index (κ2) is 4.54. The van der Waals surface area contributed by atoms with Gasteiger partial charge in [-0.25, -0.2) is 4.98 Å². The van der Waals surface area contributed by atoms with Crippen LogP contribution in [0.4, 0.5) is 0 Å². The minimum absolute atomic E-state index is 0.146. The summed E-state index contributed by atoms with van der Waals surface area (Å²) in [6, 6.07) is 5.51. The van der Waals surface area contributed by atoms with E-state index in [4.69, 9.17) is 10.5 Å². The fourth-order valence-electron chi connectivity index (χ4n) is 0.895. The Morgan fingerprint density at radius 3 is 3.00 bits per heavy atom. The van der Waals surface area contributed by atoms with E-state index in [0.29, 0.717) is 6.61 Å². The zero-order valence-electron chi connectivity index (χ0n) is 6.83. The predicted molar refractivity (Wildman–Crippen MR) is 50.7 cm³/mol. The predicted octanol–water partition coefficient (Wildman–Crippen LogP) is 1.49. The zero-order chi connectivity index (χ0) is 8.97. The highest BCUT2D eigenvalue weighted by Crippen LogP contribution is 2.11. The number of nitrogens with two attached hydrogens (primary N) is 1. The second-order valence-electron chi connectivity index (χ2n) is 2.45. The van der Waals surface area contributed by atoms with Crippen LogP contribution in [0, 0.1) is 0 Å². The molecule has 0 aromatic carbocycles. The molecule has 1 unspecified atom stereocenters. The van der Waals surface area contributed by atoms with E-state index in [-0.39, 0.29) is 6.04 Å². The second-order valence-corrected chi connectivity index (χ2v) is 3.26. The average molecular weight is 231 g/mol. The van der Waals surface area contributed by atoms with Crippen molar-refractivity contribution >= 4 is 15.9 Å². The van der Waals surface area contributed by atoms with Crippen molar-refractivity contribution in [3.05, 3.63) is 28.5 Å². The molecule has 66 valence electrons.